The number of amides is 1. The molecule has 2 heterocycles. The number of hydrogen-bond acceptors (Lipinski definition) is 5. The van der Waals surface area contributed by atoms with E-state index in [0.29, 0.717) is 17.3 Å². The lowest BCUT2D eigenvalue weighted by Gasteiger charge is -2.06. The smallest absolute Gasteiger partial charge is 0.293 e. The van der Waals surface area contributed by atoms with Crippen LogP contribution in [-0.4, -0.2) is 20.7 Å². The molecule has 8 heteroatoms. The van der Waals surface area contributed by atoms with Crippen molar-refractivity contribution in [1.29, 1.82) is 0 Å². The summed E-state index contributed by atoms with van der Waals surface area (Å²) in [6.07, 6.45) is 1.53. The second-order valence-corrected chi connectivity index (χ2v) is 7.52. The van der Waals surface area contributed by atoms with Crippen LogP contribution in [0.1, 0.15) is 33.0 Å². The van der Waals surface area contributed by atoms with Crippen LogP contribution in [0.3, 0.4) is 0 Å². The fraction of sp³-hybridized carbons (Fsp3) is 0.174. The van der Waals surface area contributed by atoms with Crippen LogP contribution in [0, 0.1) is 13.8 Å². The Morgan fingerprint density at radius 2 is 1.97 bits per heavy atom. The average Bonchev–Trinajstić information content (AvgIpc) is 3.40. The van der Waals surface area contributed by atoms with Crippen LogP contribution in [0.5, 0.6) is 5.75 Å². The molecular weight excluding hydrogens is 416 g/mol. The Balaban J connectivity index is 1.34. The Morgan fingerprint density at radius 3 is 2.77 bits per heavy atom. The van der Waals surface area contributed by atoms with E-state index in [9.17, 15) is 4.79 Å². The fourth-order valence-electron chi connectivity index (χ4n) is 2.93. The summed E-state index contributed by atoms with van der Waals surface area (Å²) in [5.41, 5.74) is 3.26. The van der Waals surface area contributed by atoms with Gasteiger partial charge in [0.05, 0.1) is 6.54 Å². The number of aryl methyl sites for hydroxylation is 2. The second kappa shape index (κ2) is 9.06. The van der Waals surface area contributed by atoms with Gasteiger partial charge in [0.2, 0.25) is 5.95 Å². The molecule has 158 valence electrons. The van der Waals surface area contributed by atoms with Crippen molar-refractivity contribution in [3.8, 4) is 5.75 Å². The van der Waals surface area contributed by atoms with Gasteiger partial charge in [0, 0.05) is 5.02 Å². The van der Waals surface area contributed by atoms with Crippen molar-refractivity contribution in [2.45, 2.75) is 27.0 Å². The predicted molar refractivity (Wildman–Crippen MR) is 117 cm³/mol. The van der Waals surface area contributed by atoms with E-state index in [0.717, 1.165) is 16.9 Å². The van der Waals surface area contributed by atoms with Crippen molar-refractivity contribution in [3.05, 3.63) is 94.2 Å². The summed E-state index contributed by atoms with van der Waals surface area (Å²) in [6.45, 7) is 4.75. The zero-order valence-corrected chi connectivity index (χ0v) is 17.9. The molecule has 2 aromatic carbocycles. The minimum absolute atomic E-state index is 0.154. The first-order valence-corrected chi connectivity index (χ1v) is 10.1. The number of nitrogens with zero attached hydrogens (tertiary/aromatic N) is 3. The highest BCUT2D eigenvalue weighted by Crippen LogP contribution is 2.19. The molecule has 0 atom stereocenters. The molecule has 0 saturated heterocycles. The third-order valence-electron chi connectivity index (χ3n) is 4.80. The fourth-order valence-corrected chi connectivity index (χ4v) is 3.12. The number of nitrogens with one attached hydrogen (secondary N) is 1. The van der Waals surface area contributed by atoms with E-state index < -0.39 is 5.91 Å². The van der Waals surface area contributed by atoms with Crippen LogP contribution in [0.2, 0.25) is 5.02 Å². The summed E-state index contributed by atoms with van der Waals surface area (Å²) in [7, 11) is 0. The van der Waals surface area contributed by atoms with Crippen molar-refractivity contribution in [2.24, 2.45) is 0 Å². The normalized spacial score (nSPS) is 10.8. The molecule has 1 N–H and O–H groups in total. The number of hydrogen-bond donors (Lipinski definition) is 1. The summed E-state index contributed by atoms with van der Waals surface area (Å²) in [5.74, 6) is 1.19. The number of aromatic nitrogens is 3. The molecule has 4 rings (SSSR count). The van der Waals surface area contributed by atoms with Gasteiger partial charge in [0.15, 0.2) is 5.76 Å². The number of rotatable bonds is 7. The maximum atomic E-state index is 12.4. The third-order valence-corrected chi connectivity index (χ3v) is 5.17. The second-order valence-electron chi connectivity index (χ2n) is 7.11. The molecule has 0 aliphatic rings. The van der Waals surface area contributed by atoms with E-state index in [4.69, 9.17) is 20.8 Å². The van der Waals surface area contributed by atoms with Crippen LogP contribution in [0.15, 0.2) is 65.3 Å². The molecule has 0 fully saturated rings. The Morgan fingerprint density at radius 1 is 1.13 bits per heavy atom. The summed E-state index contributed by atoms with van der Waals surface area (Å²) < 4.78 is 12.9. The summed E-state index contributed by atoms with van der Waals surface area (Å²) in [4.78, 5) is 16.6. The monoisotopic (exact) mass is 436 g/mol. The number of carbonyl (C=O) groups is 1. The van der Waals surface area contributed by atoms with Crippen molar-refractivity contribution >= 4 is 23.5 Å². The number of ether oxygens (including phenoxy) is 1. The van der Waals surface area contributed by atoms with Gasteiger partial charge in [0.25, 0.3) is 5.91 Å². The molecule has 4 aromatic rings. The Kier molecular flexibility index (Phi) is 6.04. The maximum Gasteiger partial charge on any atom is 0.293 e. The van der Waals surface area contributed by atoms with Crippen LogP contribution < -0.4 is 10.1 Å². The molecule has 0 aliphatic heterocycles. The van der Waals surface area contributed by atoms with Crippen molar-refractivity contribution in [1.82, 2.24) is 14.8 Å². The highest BCUT2D eigenvalue weighted by molar-refractivity contribution is 6.31. The molecular formula is C23H21ClN4O3. The molecule has 0 unspecified atom stereocenters. The van der Waals surface area contributed by atoms with Crippen LogP contribution in [-0.2, 0) is 13.2 Å². The van der Waals surface area contributed by atoms with Gasteiger partial charge in [-0.15, -0.1) is 5.10 Å². The van der Waals surface area contributed by atoms with E-state index in [-0.39, 0.29) is 18.3 Å². The molecule has 2 aromatic heterocycles. The quantitative estimate of drug-likeness (QED) is 0.439. The summed E-state index contributed by atoms with van der Waals surface area (Å²) in [5, 5.41) is 7.54. The lowest BCUT2D eigenvalue weighted by molar-refractivity contribution is 0.0991. The maximum absolute atomic E-state index is 12.4. The first-order valence-electron chi connectivity index (χ1n) is 9.71. The zero-order chi connectivity index (χ0) is 21.8. The topological polar surface area (TPSA) is 82.2 Å². The van der Waals surface area contributed by atoms with Crippen LogP contribution in [0.4, 0.5) is 5.95 Å². The average molecular weight is 437 g/mol. The number of anilines is 1. The van der Waals surface area contributed by atoms with Gasteiger partial charge in [-0.05, 0) is 60.9 Å². The predicted octanol–water partition coefficient (Wildman–Crippen LogP) is 5.02. The minimum atomic E-state index is -0.437. The molecule has 7 nitrogen and oxygen atoms in total. The zero-order valence-electron chi connectivity index (χ0n) is 17.1. The molecule has 0 spiro atoms. The molecule has 0 radical (unpaired) electrons. The number of benzene rings is 2. The largest absolute Gasteiger partial charge is 0.486 e. The van der Waals surface area contributed by atoms with Gasteiger partial charge in [-0.2, -0.15) is 0 Å². The highest BCUT2D eigenvalue weighted by Gasteiger charge is 2.14. The van der Waals surface area contributed by atoms with Gasteiger partial charge >= 0.3 is 0 Å². The molecule has 0 aliphatic carbocycles. The SMILES string of the molecule is Cc1ccc(OCc2ccc(C(=O)Nc3ncn(Cc4ccccc4Cl)n3)o2)cc1C. The standard InChI is InChI=1S/C23H21ClN4O3/c1-15-7-8-18(11-16(15)2)30-13-19-9-10-21(31-19)22(29)26-23-25-14-28(27-23)12-17-5-3-4-6-20(17)24/h3-11,14H,12-13H2,1-2H3,(H,26,27,29). The van der Waals surface area contributed by atoms with Gasteiger partial charge in [-0.25, -0.2) is 9.67 Å². The van der Waals surface area contributed by atoms with Crippen LogP contribution >= 0.6 is 11.6 Å². The van der Waals surface area contributed by atoms with Crippen molar-refractivity contribution in [3.63, 3.8) is 0 Å². The van der Waals surface area contributed by atoms with E-state index in [1.807, 2.05) is 56.3 Å². The molecule has 31 heavy (non-hydrogen) atoms. The lowest BCUT2D eigenvalue weighted by atomic mass is 10.1. The summed E-state index contributed by atoms with van der Waals surface area (Å²) in [6, 6.07) is 16.7. The van der Waals surface area contributed by atoms with Crippen molar-refractivity contribution in [2.75, 3.05) is 5.32 Å². The van der Waals surface area contributed by atoms with E-state index in [1.54, 1.807) is 16.8 Å². The van der Waals surface area contributed by atoms with Gasteiger partial charge in [0.1, 0.15) is 24.4 Å². The molecule has 1 amide bonds. The number of furan rings is 1. The first kappa shape index (κ1) is 20.7. The minimum Gasteiger partial charge on any atom is -0.486 e. The lowest BCUT2D eigenvalue weighted by Crippen LogP contribution is -2.12. The number of carbonyl (C=O) groups excluding carboxylic acids is 1. The van der Waals surface area contributed by atoms with E-state index in [2.05, 4.69) is 15.4 Å². The molecule has 0 bridgehead atoms. The third kappa shape index (κ3) is 5.13. The van der Waals surface area contributed by atoms with E-state index >= 15 is 0 Å². The summed E-state index contributed by atoms with van der Waals surface area (Å²) >= 11 is 6.17. The van der Waals surface area contributed by atoms with Gasteiger partial charge in [-0.1, -0.05) is 35.9 Å². The van der Waals surface area contributed by atoms with Gasteiger partial charge < -0.3 is 9.15 Å². The Hall–Kier alpha value is -3.58. The Labute approximate surface area is 184 Å². The van der Waals surface area contributed by atoms with Crippen LogP contribution in [0.25, 0.3) is 0 Å². The van der Waals surface area contributed by atoms with E-state index in [1.165, 1.54) is 11.9 Å². The highest BCUT2D eigenvalue weighted by atomic mass is 35.5. The number of halogens is 1. The van der Waals surface area contributed by atoms with Crippen molar-refractivity contribution < 1.29 is 13.9 Å². The first-order chi connectivity index (χ1) is 15.0. The Bertz CT molecular complexity index is 1220. The molecule has 0 saturated carbocycles. The van der Waals surface area contributed by atoms with Gasteiger partial charge in [-0.3, -0.25) is 10.1 Å².